The SMILES string of the molecule is O=C(COC(=O)[C@@H]1[C@@H]2C[C@@H]3[C@H]1C(=O)O[C@H]3C2)Nc1cc(Cl)ccc1Cl. The molecule has 1 aromatic carbocycles. The minimum Gasteiger partial charge on any atom is -0.462 e. The smallest absolute Gasteiger partial charge is 0.310 e. The summed E-state index contributed by atoms with van der Waals surface area (Å²) in [5.74, 6) is -2.04. The lowest BCUT2D eigenvalue weighted by atomic mass is 9.80. The fourth-order valence-electron chi connectivity index (χ4n) is 4.34. The van der Waals surface area contributed by atoms with E-state index in [2.05, 4.69) is 5.32 Å². The predicted molar refractivity (Wildman–Crippen MR) is 89.1 cm³/mol. The lowest BCUT2D eigenvalue weighted by Crippen LogP contribution is -2.35. The van der Waals surface area contributed by atoms with Crippen LogP contribution in [-0.2, 0) is 23.9 Å². The second-order valence-electron chi connectivity index (χ2n) is 6.70. The summed E-state index contributed by atoms with van der Waals surface area (Å²) in [6.07, 6.45) is 1.47. The standard InChI is InChI=1S/C17H15Cl2NO5/c18-8-1-2-10(19)11(5-8)20-13(21)6-24-16(22)14-7-3-9-12(4-7)25-17(23)15(9)14/h1-2,5,7,9,12,14-15H,3-4,6H2,(H,20,21)/t7-,9+,12+,14-,15-/m1/s1. The maximum atomic E-state index is 12.4. The van der Waals surface area contributed by atoms with Crippen LogP contribution in [0.25, 0.3) is 0 Å². The van der Waals surface area contributed by atoms with Crippen molar-refractivity contribution in [1.29, 1.82) is 0 Å². The van der Waals surface area contributed by atoms with Gasteiger partial charge in [-0.2, -0.15) is 0 Å². The summed E-state index contributed by atoms with van der Waals surface area (Å²) in [5.41, 5.74) is 0.345. The fraction of sp³-hybridized carbons (Fsp3) is 0.471. The van der Waals surface area contributed by atoms with Gasteiger partial charge >= 0.3 is 11.9 Å². The van der Waals surface area contributed by atoms with Crippen LogP contribution in [0.2, 0.25) is 10.0 Å². The number of esters is 2. The van der Waals surface area contributed by atoms with E-state index in [0.29, 0.717) is 22.2 Å². The van der Waals surface area contributed by atoms with Crippen LogP contribution in [0.5, 0.6) is 0 Å². The van der Waals surface area contributed by atoms with Gasteiger partial charge in [0.05, 0.1) is 22.5 Å². The minimum atomic E-state index is -0.521. The van der Waals surface area contributed by atoms with Crippen LogP contribution >= 0.6 is 23.2 Å². The van der Waals surface area contributed by atoms with Crippen molar-refractivity contribution in [3.8, 4) is 0 Å². The molecule has 4 rings (SSSR count). The van der Waals surface area contributed by atoms with Crippen LogP contribution in [0.1, 0.15) is 12.8 Å². The third kappa shape index (κ3) is 2.87. The van der Waals surface area contributed by atoms with Crippen LogP contribution in [0.4, 0.5) is 5.69 Å². The van der Waals surface area contributed by atoms with E-state index in [0.717, 1.165) is 6.42 Å². The number of benzene rings is 1. The van der Waals surface area contributed by atoms with Crippen molar-refractivity contribution in [2.24, 2.45) is 23.7 Å². The van der Waals surface area contributed by atoms with Crippen molar-refractivity contribution in [2.45, 2.75) is 18.9 Å². The van der Waals surface area contributed by atoms with Gasteiger partial charge in [0.1, 0.15) is 6.10 Å². The second kappa shape index (κ2) is 6.18. The van der Waals surface area contributed by atoms with Crippen LogP contribution in [0.15, 0.2) is 18.2 Å². The number of hydrogen-bond acceptors (Lipinski definition) is 5. The van der Waals surface area contributed by atoms with Gasteiger partial charge in [-0.05, 0) is 37.0 Å². The van der Waals surface area contributed by atoms with Gasteiger partial charge < -0.3 is 14.8 Å². The van der Waals surface area contributed by atoms with Crippen molar-refractivity contribution in [1.82, 2.24) is 0 Å². The zero-order valence-electron chi connectivity index (χ0n) is 13.0. The van der Waals surface area contributed by atoms with Gasteiger partial charge in [0.15, 0.2) is 6.61 Å². The van der Waals surface area contributed by atoms with E-state index in [1.54, 1.807) is 12.1 Å². The molecule has 1 heterocycles. The maximum Gasteiger partial charge on any atom is 0.310 e. The van der Waals surface area contributed by atoms with Crippen LogP contribution < -0.4 is 5.32 Å². The summed E-state index contributed by atoms with van der Waals surface area (Å²) < 4.78 is 10.4. The summed E-state index contributed by atoms with van der Waals surface area (Å²) in [7, 11) is 0. The first-order chi connectivity index (χ1) is 11.9. The van der Waals surface area contributed by atoms with E-state index in [-0.39, 0.29) is 23.9 Å². The Labute approximate surface area is 153 Å². The molecule has 2 aliphatic carbocycles. The van der Waals surface area contributed by atoms with E-state index in [4.69, 9.17) is 32.7 Å². The van der Waals surface area contributed by atoms with Crippen LogP contribution in [0.3, 0.4) is 0 Å². The second-order valence-corrected chi connectivity index (χ2v) is 7.55. The Morgan fingerprint density at radius 2 is 2.08 bits per heavy atom. The number of rotatable bonds is 4. The summed E-state index contributed by atoms with van der Waals surface area (Å²) in [5, 5.41) is 3.30. The molecule has 25 heavy (non-hydrogen) atoms. The predicted octanol–water partition coefficient (Wildman–Crippen LogP) is 2.67. The number of amides is 1. The highest BCUT2D eigenvalue weighted by Crippen LogP contribution is 2.57. The highest BCUT2D eigenvalue weighted by atomic mass is 35.5. The molecular formula is C17H15Cl2NO5. The molecule has 0 unspecified atom stereocenters. The largest absolute Gasteiger partial charge is 0.462 e. The van der Waals surface area contributed by atoms with Gasteiger partial charge in [-0.1, -0.05) is 23.2 Å². The first-order valence-electron chi connectivity index (χ1n) is 8.06. The average molecular weight is 384 g/mol. The molecule has 1 aliphatic heterocycles. The first-order valence-corrected chi connectivity index (χ1v) is 8.81. The summed E-state index contributed by atoms with van der Waals surface area (Å²) in [4.78, 5) is 36.3. The molecule has 0 spiro atoms. The van der Waals surface area contributed by atoms with Crippen molar-refractivity contribution < 1.29 is 23.9 Å². The van der Waals surface area contributed by atoms with E-state index in [9.17, 15) is 14.4 Å². The Morgan fingerprint density at radius 1 is 1.28 bits per heavy atom. The maximum absolute atomic E-state index is 12.4. The minimum absolute atomic E-state index is 0.0418. The van der Waals surface area contributed by atoms with Crippen molar-refractivity contribution in [3.63, 3.8) is 0 Å². The van der Waals surface area contributed by atoms with Gasteiger partial charge in [0.2, 0.25) is 0 Å². The highest BCUT2D eigenvalue weighted by molar-refractivity contribution is 6.35. The van der Waals surface area contributed by atoms with E-state index < -0.39 is 30.3 Å². The molecule has 6 nitrogen and oxygen atoms in total. The molecule has 2 bridgehead atoms. The van der Waals surface area contributed by atoms with Gasteiger partial charge in [0.25, 0.3) is 5.91 Å². The summed E-state index contributed by atoms with van der Waals surface area (Å²) >= 11 is 11.8. The molecule has 1 amide bonds. The average Bonchev–Trinajstić information content (AvgIpc) is 3.18. The molecule has 0 aromatic heterocycles. The Morgan fingerprint density at radius 3 is 2.88 bits per heavy atom. The first kappa shape index (κ1) is 16.7. The zero-order valence-corrected chi connectivity index (χ0v) is 14.5. The third-order valence-electron chi connectivity index (χ3n) is 5.30. The summed E-state index contributed by atoms with van der Waals surface area (Å²) in [6.45, 7) is -0.444. The number of anilines is 1. The van der Waals surface area contributed by atoms with Gasteiger partial charge in [-0.15, -0.1) is 0 Å². The third-order valence-corrected chi connectivity index (χ3v) is 5.87. The number of halogens is 2. The highest BCUT2D eigenvalue weighted by Gasteiger charge is 2.64. The van der Waals surface area contributed by atoms with Crippen LogP contribution in [-0.4, -0.2) is 30.6 Å². The lowest BCUT2D eigenvalue weighted by Gasteiger charge is -2.22. The number of carbonyl (C=O) groups excluding carboxylic acids is 3. The molecule has 8 heteroatoms. The van der Waals surface area contributed by atoms with E-state index in [1.807, 2.05) is 0 Å². The molecule has 1 N–H and O–H groups in total. The molecule has 1 aromatic rings. The quantitative estimate of drug-likeness (QED) is 0.808. The topological polar surface area (TPSA) is 81.7 Å². The number of carbonyl (C=O) groups is 3. The molecule has 3 aliphatic rings. The van der Waals surface area contributed by atoms with Gasteiger partial charge in [0, 0.05) is 10.9 Å². The number of hydrogen-bond donors (Lipinski definition) is 1. The molecule has 2 saturated carbocycles. The lowest BCUT2D eigenvalue weighted by molar-refractivity contribution is -0.157. The number of ether oxygens (including phenoxy) is 2. The van der Waals surface area contributed by atoms with Crippen molar-refractivity contribution in [3.05, 3.63) is 28.2 Å². The Hall–Kier alpha value is -1.79. The number of nitrogens with one attached hydrogen (secondary N) is 1. The van der Waals surface area contributed by atoms with Crippen LogP contribution in [0, 0.1) is 23.7 Å². The van der Waals surface area contributed by atoms with E-state index in [1.165, 1.54) is 6.07 Å². The monoisotopic (exact) mass is 383 g/mol. The molecule has 5 atom stereocenters. The van der Waals surface area contributed by atoms with Crippen molar-refractivity contribution >= 4 is 46.7 Å². The van der Waals surface area contributed by atoms with E-state index >= 15 is 0 Å². The van der Waals surface area contributed by atoms with Gasteiger partial charge in [-0.3, -0.25) is 14.4 Å². The molecule has 132 valence electrons. The number of fused-ring (bicyclic) bond motifs is 1. The molecular weight excluding hydrogens is 369 g/mol. The summed E-state index contributed by atoms with van der Waals surface area (Å²) in [6, 6.07) is 4.67. The molecule has 0 radical (unpaired) electrons. The fourth-order valence-corrected chi connectivity index (χ4v) is 4.67. The molecule has 1 saturated heterocycles. The Kier molecular flexibility index (Phi) is 4.12. The molecule has 3 fully saturated rings. The van der Waals surface area contributed by atoms with Crippen molar-refractivity contribution in [2.75, 3.05) is 11.9 Å². The zero-order chi connectivity index (χ0) is 17.7. The normalized spacial score (nSPS) is 31.8. The van der Waals surface area contributed by atoms with Gasteiger partial charge in [-0.25, -0.2) is 0 Å². The Balaban J connectivity index is 1.35. The Bertz CT molecular complexity index is 765.